The standard InChI is InChI=1S/C15H16N2O3/c1-16-13-3-2-11(17-6-4-12(18)5-7-17)8-10(13)9-14(16)15(19)20/h2-3,8-9H,4-7H2,1H3,(H,19,20). The van der Waals surface area contributed by atoms with Crippen LogP contribution in [0, 0.1) is 0 Å². The van der Waals surface area contributed by atoms with Gasteiger partial charge in [0.1, 0.15) is 11.5 Å². The van der Waals surface area contributed by atoms with E-state index in [0.29, 0.717) is 18.6 Å². The van der Waals surface area contributed by atoms with Gasteiger partial charge in [-0.3, -0.25) is 4.79 Å². The van der Waals surface area contributed by atoms with E-state index in [2.05, 4.69) is 4.90 Å². The van der Waals surface area contributed by atoms with Gasteiger partial charge in [0, 0.05) is 49.6 Å². The summed E-state index contributed by atoms with van der Waals surface area (Å²) in [5.41, 5.74) is 2.23. The van der Waals surface area contributed by atoms with Crippen LogP contribution in [0.25, 0.3) is 10.9 Å². The number of carboxylic acids is 1. The van der Waals surface area contributed by atoms with Crippen LogP contribution in [0.5, 0.6) is 0 Å². The Morgan fingerprint density at radius 2 is 1.90 bits per heavy atom. The van der Waals surface area contributed by atoms with Gasteiger partial charge >= 0.3 is 5.97 Å². The van der Waals surface area contributed by atoms with Crippen LogP contribution < -0.4 is 4.90 Å². The Labute approximate surface area is 116 Å². The molecule has 3 rings (SSSR count). The number of anilines is 1. The highest BCUT2D eigenvalue weighted by molar-refractivity contribution is 5.95. The molecule has 20 heavy (non-hydrogen) atoms. The Morgan fingerprint density at radius 3 is 2.55 bits per heavy atom. The number of Topliss-reactive ketones (excluding diaryl/α,β-unsaturated/α-hetero) is 1. The Hall–Kier alpha value is -2.30. The summed E-state index contributed by atoms with van der Waals surface area (Å²) in [6.45, 7) is 1.48. The highest BCUT2D eigenvalue weighted by atomic mass is 16.4. The second kappa shape index (κ2) is 4.67. The summed E-state index contributed by atoms with van der Waals surface area (Å²) < 4.78 is 1.68. The number of carbonyl (C=O) groups is 2. The largest absolute Gasteiger partial charge is 0.477 e. The molecule has 1 aliphatic heterocycles. The number of ketones is 1. The third kappa shape index (κ3) is 2.05. The monoisotopic (exact) mass is 272 g/mol. The molecule has 1 saturated heterocycles. The number of aryl methyl sites for hydroxylation is 1. The highest BCUT2D eigenvalue weighted by Crippen LogP contribution is 2.26. The van der Waals surface area contributed by atoms with Crippen molar-refractivity contribution in [3.8, 4) is 0 Å². The fraction of sp³-hybridized carbons (Fsp3) is 0.333. The van der Waals surface area contributed by atoms with Gasteiger partial charge in [0.25, 0.3) is 0 Å². The molecule has 1 aromatic carbocycles. The maximum Gasteiger partial charge on any atom is 0.352 e. The van der Waals surface area contributed by atoms with Gasteiger partial charge in [0.15, 0.2) is 0 Å². The Balaban J connectivity index is 1.98. The second-order valence-electron chi connectivity index (χ2n) is 5.16. The lowest BCUT2D eigenvalue weighted by Gasteiger charge is -2.28. The predicted molar refractivity (Wildman–Crippen MR) is 76.3 cm³/mol. The number of nitrogens with zero attached hydrogens (tertiary/aromatic N) is 2. The molecule has 0 aliphatic carbocycles. The van der Waals surface area contributed by atoms with E-state index in [4.69, 9.17) is 5.11 Å². The van der Waals surface area contributed by atoms with E-state index in [9.17, 15) is 9.59 Å². The molecule has 1 aromatic heterocycles. The minimum atomic E-state index is -0.922. The molecule has 0 bridgehead atoms. The van der Waals surface area contributed by atoms with Crippen molar-refractivity contribution in [2.45, 2.75) is 12.8 Å². The van der Waals surface area contributed by atoms with Crippen molar-refractivity contribution in [3.63, 3.8) is 0 Å². The zero-order valence-corrected chi connectivity index (χ0v) is 11.3. The summed E-state index contributed by atoms with van der Waals surface area (Å²) >= 11 is 0. The zero-order chi connectivity index (χ0) is 14.3. The number of carboxylic acid groups (broad SMARTS) is 1. The van der Waals surface area contributed by atoms with Gasteiger partial charge in [-0.2, -0.15) is 0 Å². The smallest absolute Gasteiger partial charge is 0.352 e. The molecule has 1 aliphatic rings. The summed E-state index contributed by atoms with van der Waals surface area (Å²) in [4.78, 5) is 24.6. The number of hydrogen-bond donors (Lipinski definition) is 1. The van der Waals surface area contributed by atoms with Crippen molar-refractivity contribution in [2.24, 2.45) is 7.05 Å². The van der Waals surface area contributed by atoms with Crippen molar-refractivity contribution >= 4 is 28.3 Å². The average Bonchev–Trinajstić information content (AvgIpc) is 2.77. The van der Waals surface area contributed by atoms with Crippen LogP contribution in [0.15, 0.2) is 24.3 Å². The lowest BCUT2D eigenvalue weighted by molar-refractivity contribution is -0.119. The fourth-order valence-electron chi connectivity index (χ4n) is 2.75. The third-order valence-electron chi connectivity index (χ3n) is 3.93. The molecule has 1 N–H and O–H groups in total. The lowest BCUT2D eigenvalue weighted by Crippen LogP contribution is -2.33. The molecular formula is C15H16N2O3. The number of hydrogen-bond acceptors (Lipinski definition) is 3. The maximum atomic E-state index is 11.3. The van der Waals surface area contributed by atoms with Crippen molar-refractivity contribution in [1.29, 1.82) is 0 Å². The molecule has 104 valence electrons. The summed E-state index contributed by atoms with van der Waals surface area (Å²) in [6, 6.07) is 7.62. The van der Waals surface area contributed by atoms with E-state index in [0.717, 1.165) is 29.7 Å². The van der Waals surface area contributed by atoms with E-state index in [1.165, 1.54) is 0 Å². The average molecular weight is 272 g/mol. The van der Waals surface area contributed by atoms with E-state index < -0.39 is 5.97 Å². The normalized spacial score (nSPS) is 15.8. The molecular weight excluding hydrogens is 256 g/mol. The Bertz CT molecular complexity index is 692. The van der Waals surface area contributed by atoms with Crippen LogP contribution in [0.2, 0.25) is 0 Å². The van der Waals surface area contributed by atoms with Crippen molar-refractivity contribution in [2.75, 3.05) is 18.0 Å². The van der Waals surface area contributed by atoms with E-state index >= 15 is 0 Å². The van der Waals surface area contributed by atoms with Crippen LogP contribution in [0.3, 0.4) is 0 Å². The van der Waals surface area contributed by atoms with Crippen LogP contribution in [-0.2, 0) is 11.8 Å². The lowest BCUT2D eigenvalue weighted by atomic mass is 10.1. The van der Waals surface area contributed by atoms with Gasteiger partial charge in [0.2, 0.25) is 0 Å². The minimum Gasteiger partial charge on any atom is -0.477 e. The minimum absolute atomic E-state index is 0.283. The van der Waals surface area contributed by atoms with Crippen LogP contribution >= 0.6 is 0 Å². The zero-order valence-electron chi connectivity index (χ0n) is 11.3. The first-order valence-corrected chi connectivity index (χ1v) is 6.65. The van der Waals surface area contributed by atoms with E-state index in [1.54, 1.807) is 17.7 Å². The summed E-state index contributed by atoms with van der Waals surface area (Å²) in [5, 5.41) is 10.1. The summed E-state index contributed by atoms with van der Waals surface area (Å²) in [5.74, 6) is -0.607. The SMILES string of the molecule is Cn1c(C(=O)O)cc2cc(N3CCC(=O)CC3)ccc21. The molecule has 0 unspecified atom stereocenters. The van der Waals surface area contributed by atoms with Crippen molar-refractivity contribution in [1.82, 2.24) is 4.57 Å². The first-order chi connectivity index (χ1) is 9.56. The van der Waals surface area contributed by atoms with Crippen LogP contribution in [0.1, 0.15) is 23.3 Å². The van der Waals surface area contributed by atoms with Crippen molar-refractivity contribution < 1.29 is 14.7 Å². The predicted octanol–water partition coefficient (Wildman–Crippen LogP) is 2.05. The third-order valence-corrected chi connectivity index (χ3v) is 3.93. The first-order valence-electron chi connectivity index (χ1n) is 6.65. The molecule has 5 nitrogen and oxygen atoms in total. The number of carbonyl (C=O) groups excluding carboxylic acids is 1. The van der Waals surface area contributed by atoms with Gasteiger partial charge in [0.05, 0.1) is 0 Å². The summed E-state index contributed by atoms with van der Waals surface area (Å²) in [6.07, 6.45) is 1.18. The van der Waals surface area contributed by atoms with Gasteiger partial charge in [-0.15, -0.1) is 0 Å². The summed E-state index contributed by atoms with van der Waals surface area (Å²) in [7, 11) is 1.75. The molecule has 0 saturated carbocycles. The number of fused-ring (bicyclic) bond motifs is 1. The molecule has 2 aromatic rings. The molecule has 0 radical (unpaired) electrons. The molecule has 0 spiro atoms. The maximum absolute atomic E-state index is 11.3. The molecule has 0 amide bonds. The highest BCUT2D eigenvalue weighted by Gasteiger charge is 2.18. The quantitative estimate of drug-likeness (QED) is 0.908. The Morgan fingerprint density at radius 1 is 1.20 bits per heavy atom. The molecule has 0 atom stereocenters. The Kier molecular flexibility index (Phi) is 2.97. The number of benzene rings is 1. The number of aromatic carboxylic acids is 1. The number of rotatable bonds is 2. The van der Waals surface area contributed by atoms with Gasteiger partial charge in [-0.05, 0) is 24.3 Å². The first kappa shape index (κ1) is 12.7. The van der Waals surface area contributed by atoms with E-state index in [-0.39, 0.29) is 5.69 Å². The van der Waals surface area contributed by atoms with E-state index in [1.807, 2.05) is 18.2 Å². The second-order valence-corrected chi connectivity index (χ2v) is 5.16. The molecule has 2 heterocycles. The number of piperidine rings is 1. The van der Waals surface area contributed by atoms with Crippen LogP contribution in [0.4, 0.5) is 5.69 Å². The fourth-order valence-corrected chi connectivity index (χ4v) is 2.75. The number of aromatic nitrogens is 1. The van der Waals surface area contributed by atoms with Gasteiger partial charge in [-0.25, -0.2) is 4.79 Å². The van der Waals surface area contributed by atoms with Crippen LogP contribution in [-0.4, -0.2) is 34.5 Å². The molecule has 5 heteroatoms. The topological polar surface area (TPSA) is 62.5 Å². The van der Waals surface area contributed by atoms with Gasteiger partial charge in [-0.1, -0.05) is 0 Å². The van der Waals surface area contributed by atoms with Crippen molar-refractivity contribution in [3.05, 3.63) is 30.0 Å². The molecule has 1 fully saturated rings. The van der Waals surface area contributed by atoms with Gasteiger partial charge < -0.3 is 14.6 Å².